The van der Waals surface area contributed by atoms with E-state index in [4.69, 9.17) is 4.43 Å². The molecule has 0 saturated carbocycles. The van der Waals surface area contributed by atoms with E-state index in [1.165, 1.54) is 11.1 Å². The number of benzene rings is 2. The third kappa shape index (κ3) is 6.51. The van der Waals surface area contributed by atoms with E-state index in [2.05, 4.69) is 112 Å². The summed E-state index contributed by atoms with van der Waals surface area (Å²) in [6.45, 7) is 25.0. The maximum absolute atomic E-state index is 14.1. The van der Waals surface area contributed by atoms with Crippen LogP contribution in [0.1, 0.15) is 96.6 Å². The van der Waals surface area contributed by atoms with Crippen molar-refractivity contribution in [2.45, 2.75) is 106 Å². The molecular formula is C34H50N2O2Si. The molecule has 2 aromatic carbocycles. The van der Waals surface area contributed by atoms with Gasteiger partial charge in [-0.25, -0.2) is 0 Å². The highest BCUT2D eigenvalue weighted by Gasteiger charge is 2.47. The average Bonchev–Trinajstić information content (AvgIpc) is 2.95. The number of aryl methyl sites for hydroxylation is 2. The SMILES string of the molecule is CC(C)=CCC/C(C)=C/CN1C(=O)c2cccc(C)c2Nc2c(C)cc(O[Si](C(C)C)(C(C)C)C(C)C)cc21. The molecule has 0 aliphatic carbocycles. The number of allylic oxidation sites excluding steroid dienone is 3. The van der Waals surface area contributed by atoms with Crippen molar-refractivity contribution in [1.82, 2.24) is 0 Å². The molecule has 1 N–H and O–H groups in total. The molecule has 0 atom stereocenters. The van der Waals surface area contributed by atoms with Crippen molar-refractivity contribution in [3.05, 3.63) is 70.3 Å². The molecule has 0 spiro atoms. The van der Waals surface area contributed by atoms with E-state index in [-0.39, 0.29) is 5.91 Å². The summed E-state index contributed by atoms with van der Waals surface area (Å²) in [4.78, 5) is 16.0. The highest BCUT2D eigenvalue weighted by Crippen LogP contribution is 2.46. The maximum Gasteiger partial charge on any atom is 0.260 e. The first-order valence-electron chi connectivity index (χ1n) is 14.6. The lowest BCUT2D eigenvalue weighted by molar-refractivity contribution is 0.0991. The zero-order valence-corrected chi connectivity index (χ0v) is 27.2. The second kappa shape index (κ2) is 12.6. The maximum atomic E-state index is 14.1. The molecule has 2 aromatic rings. The van der Waals surface area contributed by atoms with Gasteiger partial charge in [0.2, 0.25) is 0 Å². The van der Waals surface area contributed by atoms with Crippen LogP contribution in [0.3, 0.4) is 0 Å². The minimum atomic E-state index is -2.16. The van der Waals surface area contributed by atoms with E-state index in [0.29, 0.717) is 28.7 Å². The van der Waals surface area contributed by atoms with E-state index < -0.39 is 8.32 Å². The van der Waals surface area contributed by atoms with Crippen molar-refractivity contribution < 1.29 is 9.22 Å². The Morgan fingerprint density at radius 1 is 0.923 bits per heavy atom. The Bertz CT molecular complexity index is 1230. The summed E-state index contributed by atoms with van der Waals surface area (Å²) < 4.78 is 7.11. The number of fused-ring (bicyclic) bond motifs is 2. The highest BCUT2D eigenvalue weighted by atomic mass is 28.4. The Labute approximate surface area is 238 Å². The van der Waals surface area contributed by atoms with Gasteiger partial charge in [0.25, 0.3) is 14.2 Å². The molecule has 0 aromatic heterocycles. The van der Waals surface area contributed by atoms with Crippen molar-refractivity contribution in [2.75, 3.05) is 16.8 Å². The number of rotatable bonds is 10. The van der Waals surface area contributed by atoms with Crippen molar-refractivity contribution in [2.24, 2.45) is 0 Å². The van der Waals surface area contributed by atoms with Gasteiger partial charge in [-0.1, -0.05) is 77.0 Å². The fraction of sp³-hybridized carbons (Fsp3) is 0.500. The molecule has 0 radical (unpaired) electrons. The number of nitrogens with zero attached hydrogens (tertiary/aromatic N) is 1. The van der Waals surface area contributed by atoms with Crippen LogP contribution in [0.4, 0.5) is 17.1 Å². The summed E-state index contributed by atoms with van der Waals surface area (Å²) in [6, 6.07) is 10.2. The van der Waals surface area contributed by atoms with Gasteiger partial charge in [0.15, 0.2) is 0 Å². The van der Waals surface area contributed by atoms with E-state index in [1.807, 2.05) is 17.0 Å². The Hall–Kier alpha value is -2.79. The topological polar surface area (TPSA) is 41.6 Å². The second-order valence-electron chi connectivity index (χ2n) is 12.5. The van der Waals surface area contributed by atoms with Crippen LogP contribution in [-0.4, -0.2) is 20.8 Å². The van der Waals surface area contributed by atoms with Gasteiger partial charge in [-0.3, -0.25) is 4.79 Å². The van der Waals surface area contributed by atoms with Gasteiger partial charge in [0, 0.05) is 12.6 Å². The molecule has 212 valence electrons. The van der Waals surface area contributed by atoms with Crippen LogP contribution >= 0.6 is 0 Å². The van der Waals surface area contributed by atoms with Gasteiger partial charge in [-0.15, -0.1) is 0 Å². The van der Waals surface area contributed by atoms with Crippen LogP contribution < -0.4 is 14.6 Å². The van der Waals surface area contributed by atoms with Gasteiger partial charge < -0.3 is 14.6 Å². The van der Waals surface area contributed by atoms with Gasteiger partial charge in [-0.2, -0.15) is 0 Å². The molecular weight excluding hydrogens is 496 g/mol. The number of hydrogen-bond donors (Lipinski definition) is 1. The Balaban J connectivity index is 2.14. The molecule has 39 heavy (non-hydrogen) atoms. The predicted molar refractivity (Wildman–Crippen MR) is 171 cm³/mol. The molecule has 0 saturated heterocycles. The van der Waals surface area contributed by atoms with E-state index in [9.17, 15) is 4.79 Å². The lowest BCUT2D eigenvalue weighted by atomic mass is 10.1. The van der Waals surface area contributed by atoms with Crippen molar-refractivity contribution in [3.8, 4) is 5.75 Å². The number of nitrogens with one attached hydrogen (secondary N) is 1. The van der Waals surface area contributed by atoms with Gasteiger partial charge in [0.1, 0.15) is 5.75 Å². The quantitative estimate of drug-likeness (QED) is 0.238. The zero-order chi connectivity index (χ0) is 29.1. The van der Waals surface area contributed by atoms with Crippen LogP contribution in [0.15, 0.2) is 53.6 Å². The third-order valence-electron chi connectivity index (χ3n) is 8.29. The molecule has 0 bridgehead atoms. The summed E-state index contributed by atoms with van der Waals surface area (Å²) in [6.07, 6.45) is 6.48. The van der Waals surface area contributed by atoms with Crippen LogP contribution in [0, 0.1) is 13.8 Å². The Kier molecular flexibility index (Phi) is 9.92. The van der Waals surface area contributed by atoms with Crippen LogP contribution in [0.5, 0.6) is 5.75 Å². The van der Waals surface area contributed by atoms with E-state index in [0.717, 1.165) is 46.8 Å². The van der Waals surface area contributed by atoms with Crippen molar-refractivity contribution >= 4 is 31.3 Å². The van der Waals surface area contributed by atoms with Crippen LogP contribution in [0.25, 0.3) is 0 Å². The zero-order valence-electron chi connectivity index (χ0n) is 26.2. The number of carbonyl (C=O) groups excluding carboxylic acids is 1. The lowest BCUT2D eigenvalue weighted by Crippen LogP contribution is -2.50. The average molecular weight is 547 g/mol. The number of carbonyl (C=O) groups is 1. The minimum Gasteiger partial charge on any atom is -0.543 e. The molecule has 3 rings (SSSR count). The first-order valence-corrected chi connectivity index (χ1v) is 16.7. The summed E-state index contributed by atoms with van der Waals surface area (Å²) in [7, 11) is -2.16. The molecule has 0 fully saturated rings. The minimum absolute atomic E-state index is 0.0185. The van der Waals surface area contributed by atoms with Crippen molar-refractivity contribution in [1.29, 1.82) is 0 Å². The first-order chi connectivity index (χ1) is 18.3. The van der Waals surface area contributed by atoms with Crippen LogP contribution in [-0.2, 0) is 0 Å². The molecule has 1 aliphatic rings. The van der Waals surface area contributed by atoms with Crippen LogP contribution in [0.2, 0.25) is 16.6 Å². The summed E-state index contributed by atoms with van der Waals surface area (Å²) in [5.74, 6) is 0.894. The summed E-state index contributed by atoms with van der Waals surface area (Å²) in [5.41, 5.74) is 9.63. The molecule has 5 heteroatoms. The second-order valence-corrected chi connectivity index (χ2v) is 17.8. The molecule has 1 heterocycles. The smallest absolute Gasteiger partial charge is 0.260 e. The Morgan fingerprint density at radius 2 is 1.56 bits per heavy atom. The number of hydrogen-bond acceptors (Lipinski definition) is 3. The summed E-state index contributed by atoms with van der Waals surface area (Å²) in [5, 5.41) is 3.66. The normalized spacial score (nSPS) is 13.8. The third-order valence-corrected chi connectivity index (χ3v) is 14.3. The fourth-order valence-corrected chi connectivity index (χ4v) is 11.5. The monoisotopic (exact) mass is 546 g/mol. The van der Waals surface area contributed by atoms with Gasteiger partial charge >= 0.3 is 0 Å². The van der Waals surface area contributed by atoms with Gasteiger partial charge in [0.05, 0.1) is 22.6 Å². The van der Waals surface area contributed by atoms with Crippen molar-refractivity contribution in [3.63, 3.8) is 0 Å². The van der Waals surface area contributed by atoms with E-state index in [1.54, 1.807) is 0 Å². The van der Waals surface area contributed by atoms with E-state index >= 15 is 0 Å². The highest BCUT2D eigenvalue weighted by molar-refractivity contribution is 6.78. The first kappa shape index (κ1) is 30.7. The number of amides is 1. The molecule has 4 nitrogen and oxygen atoms in total. The molecule has 1 aliphatic heterocycles. The number of anilines is 3. The van der Waals surface area contributed by atoms with Gasteiger partial charge in [-0.05, 0) is 87.3 Å². The lowest BCUT2D eigenvalue weighted by Gasteiger charge is -2.42. The largest absolute Gasteiger partial charge is 0.543 e. The fourth-order valence-electron chi connectivity index (χ4n) is 6.24. The number of para-hydroxylation sites is 1. The Morgan fingerprint density at radius 3 is 2.15 bits per heavy atom. The molecule has 0 unspecified atom stereocenters. The predicted octanol–water partition coefficient (Wildman–Crippen LogP) is 10.3. The standard InChI is InChI=1S/C34H50N2O2Si/c1-22(2)14-12-15-26(9)18-19-36-31-21-29(38-39(23(3)4,24(5)6)25(7)8)20-28(11)33(31)35-32-27(10)16-13-17-30(32)34(36)37/h13-14,16-18,20-21,23-25,35H,12,15,19H2,1-11H3/b26-18+. The summed E-state index contributed by atoms with van der Waals surface area (Å²) >= 11 is 0. The molecule has 1 amide bonds.